The lowest BCUT2D eigenvalue weighted by Crippen LogP contribution is -2.45. The van der Waals surface area contributed by atoms with Crippen molar-refractivity contribution >= 4 is 0 Å². The first-order chi connectivity index (χ1) is 6.80. The van der Waals surface area contributed by atoms with Gasteiger partial charge in [0.2, 0.25) is 0 Å². The topological polar surface area (TPSA) is 71.8 Å². The normalized spacial score (nSPS) is 18.6. The number of aliphatic hydroxyl groups is 1. The quantitative estimate of drug-likeness (QED) is 0.714. The maximum atomic E-state index is 10.7. The zero-order valence-electron chi connectivity index (χ0n) is 7.51. The predicted octanol–water partition coefficient (Wildman–Crippen LogP) is 0.566. The predicted molar refractivity (Wildman–Crippen MR) is 48.5 cm³/mol. The fourth-order valence-electron chi connectivity index (χ4n) is 1.37. The first-order valence-corrected chi connectivity index (χ1v) is 4.30. The highest BCUT2D eigenvalue weighted by molar-refractivity contribution is 5.22. The summed E-state index contributed by atoms with van der Waals surface area (Å²) >= 11 is 0. The van der Waals surface area contributed by atoms with E-state index >= 15 is 0 Å². The van der Waals surface area contributed by atoms with Crippen molar-refractivity contribution in [2.75, 3.05) is 13.2 Å². The Morgan fingerprint density at radius 3 is 2.86 bits per heavy atom. The zero-order valence-corrected chi connectivity index (χ0v) is 7.51. The van der Waals surface area contributed by atoms with Crippen molar-refractivity contribution in [3.63, 3.8) is 0 Å². The van der Waals surface area contributed by atoms with E-state index in [0.29, 0.717) is 11.4 Å². The highest BCUT2D eigenvalue weighted by Crippen LogP contribution is 2.32. The van der Waals surface area contributed by atoms with Crippen molar-refractivity contribution in [2.45, 2.75) is 12.1 Å². The van der Waals surface area contributed by atoms with E-state index in [1.165, 1.54) is 0 Å². The third kappa shape index (κ3) is 1.30. The number of nitroso groups, excluding NO2 is 1. The van der Waals surface area contributed by atoms with Gasteiger partial charge in [-0.3, -0.25) is 4.98 Å². The van der Waals surface area contributed by atoms with Crippen LogP contribution in [0.25, 0.3) is 0 Å². The first kappa shape index (κ1) is 9.23. The van der Waals surface area contributed by atoms with Crippen LogP contribution in [0.15, 0.2) is 23.4 Å². The molecule has 2 heterocycles. The Morgan fingerprint density at radius 2 is 2.36 bits per heavy atom. The highest BCUT2D eigenvalue weighted by atomic mass is 16.5. The third-order valence-electron chi connectivity index (χ3n) is 2.30. The molecule has 1 aromatic rings. The van der Waals surface area contributed by atoms with Crippen LogP contribution < -0.4 is 0 Å². The summed E-state index contributed by atoms with van der Waals surface area (Å²) < 4.78 is 4.96. The van der Waals surface area contributed by atoms with E-state index in [2.05, 4.69) is 10.2 Å². The van der Waals surface area contributed by atoms with Crippen molar-refractivity contribution in [1.29, 1.82) is 0 Å². The van der Waals surface area contributed by atoms with Crippen LogP contribution in [0.4, 0.5) is 0 Å². The van der Waals surface area contributed by atoms with E-state index in [1.807, 2.05) is 0 Å². The van der Waals surface area contributed by atoms with Crippen molar-refractivity contribution in [3.05, 3.63) is 34.5 Å². The lowest BCUT2D eigenvalue weighted by molar-refractivity contribution is -0.0585. The monoisotopic (exact) mass is 194 g/mol. The molecular weight excluding hydrogens is 184 g/mol. The number of rotatable bonds is 3. The molecule has 0 atom stereocenters. The molecule has 0 unspecified atom stereocenters. The molecule has 74 valence electrons. The van der Waals surface area contributed by atoms with Gasteiger partial charge in [-0.2, -0.15) is 0 Å². The lowest BCUT2D eigenvalue weighted by atomic mass is 9.94. The van der Waals surface area contributed by atoms with E-state index in [4.69, 9.17) is 9.84 Å². The Kier molecular flexibility index (Phi) is 2.26. The molecule has 2 rings (SSSR count). The van der Waals surface area contributed by atoms with Crippen LogP contribution in [0.5, 0.6) is 0 Å². The SMILES string of the molecule is O=NC1(c2cccc(CO)n2)COC1. The Balaban J connectivity index is 2.35. The third-order valence-corrected chi connectivity index (χ3v) is 2.30. The minimum absolute atomic E-state index is 0.135. The van der Waals surface area contributed by atoms with Gasteiger partial charge in [0.1, 0.15) is 0 Å². The van der Waals surface area contributed by atoms with E-state index in [0.717, 1.165) is 0 Å². The summed E-state index contributed by atoms with van der Waals surface area (Å²) in [4.78, 5) is 14.8. The summed E-state index contributed by atoms with van der Waals surface area (Å²) in [6, 6.07) is 5.17. The van der Waals surface area contributed by atoms with Crippen LogP contribution in [-0.4, -0.2) is 23.3 Å². The summed E-state index contributed by atoms with van der Waals surface area (Å²) in [5, 5.41) is 11.9. The Bertz CT molecular complexity index is 350. The van der Waals surface area contributed by atoms with Crippen molar-refractivity contribution in [1.82, 2.24) is 4.98 Å². The molecule has 1 aromatic heterocycles. The van der Waals surface area contributed by atoms with E-state index in [-0.39, 0.29) is 19.8 Å². The molecule has 14 heavy (non-hydrogen) atoms. The molecule has 0 aliphatic carbocycles. The molecule has 0 aromatic carbocycles. The van der Waals surface area contributed by atoms with Crippen molar-refractivity contribution in [3.8, 4) is 0 Å². The standard InChI is InChI=1S/C9H10N2O3/c12-4-7-2-1-3-8(10-7)9(11-13)5-14-6-9/h1-3,12H,4-6H2. The molecule has 1 aliphatic rings. The van der Waals surface area contributed by atoms with E-state index in [9.17, 15) is 4.91 Å². The summed E-state index contributed by atoms with van der Waals surface area (Å²) in [7, 11) is 0. The average Bonchev–Trinajstić information content (AvgIpc) is 2.18. The second kappa shape index (κ2) is 3.43. The van der Waals surface area contributed by atoms with Crippen LogP contribution >= 0.6 is 0 Å². The van der Waals surface area contributed by atoms with Crippen LogP contribution in [-0.2, 0) is 16.9 Å². The van der Waals surface area contributed by atoms with Gasteiger partial charge in [-0.15, -0.1) is 4.91 Å². The van der Waals surface area contributed by atoms with Gasteiger partial charge in [-0.25, -0.2) is 0 Å². The summed E-state index contributed by atoms with van der Waals surface area (Å²) in [6.07, 6.45) is 0. The number of hydrogen-bond donors (Lipinski definition) is 1. The Morgan fingerprint density at radius 1 is 1.57 bits per heavy atom. The zero-order chi connectivity index (χ0) is 10.0. The first-order valence-electron chi connectivity index (χ1n) is 4.30. The van der Waals surface area contributed by atoms with Gasteiger partial charge in [0, 0.05) is 0 Å². The molecule has 5 heteroatoms. The van der Waals surface area contributed by atoms with Gasteiger partial charge in [-0.1, -0.05) is 11.2 Å². The number of aliphatic hydroxyl groups excluding tert-OH is 1. The van der Waals surface area contributed by atoms with Crippen molar-refractivity contribution in [2.24, 2.45) is 5.18 Å². The summed E-state index contributed by atoms with van der Waals surface area (Å²) in [5.41, 5.74) is 0.285. The number of pyridine rings is 1. The summed E-state index contributed by atoms with van der Waals surface area (Å²) in [6.45, 7) is 0.417. The Labute approximate surface area is 80.7 Å². The van der Waals surface area contributed by atoms with Crippen LogP contribution in [0.1, 0.15) is 11.4 Å². The second-order valence-corrected chi connectivity index (χ2v) is 3.29. The lowest BCUT2D eigenvalue weighted by Gasteiger charge is -2.33. The smallest absolute Gasteiger partial charge is 0.190 e. The van der Waals surface area contributed by atoms with Gasteiger partial charge >= 0.3 is 0 Å². The molecule has 1 aliphatic heterocycles. The van der Waals surface area contributed by atoms with E-state index < -0.39 is 5.54 Å². The molecule has 0 amide bonds. The van der Waals surface area contributed by atoms with Crippen LogP contribution in [0.3, 0.4) is 0 Å². The van der Waals surface area contributed by atoms with Crippen molar-refractivity contribution < 1.29 is 9.84 Å². The molecule has 1 saturated heterocycles. The van der Waals surface area contributed by atoms with Gasteiger partial charge in [-0.05, 0) is 12.1 Å². The molecule has 0 saturated carbocycles. The number of ether oxygens (including phenoxy) is 1. The van der Waals surface area contributed by atoms with Crippen LogP contribution in [0, 0.1) is 4.91 Å². The molecule has 1 fully saturated rings. The van der Waals surface area contributed by atoms with Gasteiger partial charge in [0.05, 0.1) is 31.2 Å². The average molecular weight is 194 g/mol. The Hall–Kier alpha value is -1.33. The molecule has 0 radical (unpaired) electrons. The molecule has 0 bridgehead atoms. The maximum absolute atomic E-state index is 10.7. The minimum atomic E-state index is -0.828. The van der Waals surface area contributed by atoms with Crippen LogP contribution in [0.2, 0.25) is 0 Å². The number of hydrogen-bond acceptors (Lipinski definition) is 5. The van der Waals surface area contributed by atoms with Gasteiger partial charge in [0.15, 0.2) is 5.54 Å². The molecule has 1 N–H and O–H groups in total. The fraction of sp³-hybridized carbons (Fsp3) is 0.444. The molecule has 0 spiro atoms. The molecular formula is C9H10N2O3. The van der Waals surface area contributed by atoms with Gasteiger partial charge in [0.25, 0.3) is 0 Å². The largest absolute Gasteiger partial charge is 0.390 e. The second-order valence-electron chi connectivity index (χ2n) is 3.29. The molecule has 5 nitrogen and oxygen atoms in total. The number of aromatic nitrogens is 1. The minimum Gasteiger partial charge on any atom is -0.390 e. The maximum Gasteiger partial charge on any atom is 0.190 e. The van der Waals surface area contributed by atoms with Gasteiger partial charge < -0.3 is 9.84 Å². The number of nitrogens with zero attached hydrogens (tertiary/aromatic N) is 2. The highest BCUT2D eigenvalue weighted by Gasteiger charge is 2.43. The fourth-order valence-corrected chi connectivity index (χ4v) is 1.37. The summed E-state index contributed by atoms with van der Waals surface area (Å²) in [5.74, 6) is 0. The van der Waals surface area contributed by atoms with E-state index in [1.54, 1.807) is 18.2 Å².